The molecular formula is C21H21I2N7O2. The number of benzene rings is 2. The maximum Gasteiger partial charge on any atom is 0.250 e. The normalized spacial score (nSPS) is 14.0. The summed E-state index contributed by atoms with van der Waals surface area (Å²) in [6.45, 7) is 4.68. The second kappa shape index (κ2) is 10.6. The summed E-state index contributed by atoms with van der Waals surface area (Å²) in [4.78, 5) is 15.6. The van der Waals surface area contributed by atoms with Crippen LogP contribution >= 0.6 is 45.2 Å². The molecule has 3 aromatic rings. The van der Waals surface area contributed by atoms with Crippen LogP contribution in [0.15, 0.2) is 41.5 Å². The number of hydrogen-bond acceptors (Lipinski definition) is 9. The van der Waals surface area contributed by atoms with Crippen LogP contribution in [0.3, 0.4) is 0 Å². The Kier molecular flexibility index (Phi) is 7.57. The number of nitrogens with zero attached hydrogens (tertiary/aromatic N) is 5. The summed E-state index contributed by atoms with van der Waals surface area (Å²) in [5.74, 6) is 1.44. The first-order chi connectivity index (χ1) is 15.5. The molecule has 2 aromatic carbocycles. The Morgan fingerprint density at radius 2 is 1.78 bits per heavy atom. The van der Waals surface area contributed by atoms with E-state index in [-0.39, 0.29) is 5.75 Å². The Hall–Kier alpha value is -2.26. The van der Waals surface area contributed by atoms with Crippen molar-refractivity contribution in [3.8, 4) is 5.75 Å². The van der Waals surface area contributed by atoms with E-state index in [0.717, 1.165) is 12.8 Å². The Balaban J connectivity index is 1.59. The largest absolute Gasteiger partial charge is 0.506 e. The number of morpholine rings is 1. The van der Waals surface area contributed by atoms with Crippen LogP contribution in [0.1, 0.15) is 11.1 Å². The quantitative estimate of drug-likeness (QED) is 0.207. The topological polar surface area (TPSA) is 108 Å². The molecule has 0 saturated carbocycles. The van der Waals surface area contributed by atoms with Crippen molar-refractivity contribution in [2.75, 3.05) is 41.9 Å². The minimum Gasteiger partial charge on any atom is -0.506 e. The zero-order chi connectivity index (χ0) is 22.5. The SMILES string of the molecule is Cc1ccc(Nc2nc(NN=Cc3cc(I)cc(I)c3O)nc(N3CCOCC3)n2)cc1. The molecule has 2 heterocycles. The molecule has 0 aliphatic carbocycles. The Labute approximate surface area is 213 Å². The van der Waals surface area contributed by atoms with Crippen molar-refractivity contribution in [3.63, 3.8) is 0 Å². The van der Waals surface area contributed by atoms with E-state index in [9.17, 15) is 5.11 Å². The highest BCUT2D eigenvalue weighted by molar-refractivity contribution is 14.1. The van der Waals surface area contributed by atoms with Gasteiger partial charge in [-0.25, -0.2) is 5.43 Å². The smallest absolute Gasteiger partial charge is 0.250 e. The van der Waals surface area contributed by atoms with Gasteiger partial charge in [0.1, 0.15) is 5.75 Å². The van der Waals surface area contributed by atoms with Gasteiger partial charge >= 0.3 is 0 Å². The molecule has 1 aliphatic rings. The third-order valence-corrected chi connectivity index (χ3v) is 6.10. The van der Waals surface area contributed by atoms with Gasteiger partial charge in [-0.05, 0) is 76.4 Å². The van der Waals surface area contributed by atoms with Gasteiger partial charge in [-0.2, -0.15) is 20.1 Å². The van der Waals surface area contributed by atoms with Crippen molar-refractivity contribution in [1.82, 2.24) is 15.0 Å². The van der Waals surface area contributed by atoms with Crippen LogP contribution in [-0.4, -0.2) is 52.6 Å². The van der Waals surface area contributed by atoms with E-state index in [1.807, 2.05) is 48.2 Å². The second-order valence-corrected chi connectivity index (χ2v) is 9.48. The maximum absolute atomic E-state index is 10.3. The highest BCUT2D eigenvalue weighted by Crippen LogP contribution is 2.26. The van der Waals surface area contributed by atoms with Crippen LogP contribution in [0.5, 0.6) is 5.75 Å². The van der Waals surface area contributed by atoms with Crippen LogP contribution in [0.4, 0.5) is 23.5 Å². The second-order valence-electron chi connectivity index (χ2n) is 7.07. The molecular weight excluding hydrogens is 636 g/mol. The molecule has 166 valence electrons. The molecule has 1 fully saturated rings. The summed E-state index contributed by atoms with van der Waals surface area (Å²) in [7, 11) is 0. The lowest BCUT2D eigenvalue weighted by atomic mass is 10.2. The van der Waals surface area contributed by atoms with E-state index in [2.05, 4.69) is 76.0 Å². The van der Waals surface area contributed by atoms with Gasteiger partial charge in [-0.1, -0.05) is 17.7 Å². The molecule has 4 rings (SSSR count). The summed E-state index contributed by atoms with van der Waals surface area (Å²) in [6.07, 6.45) is 1.55. The van der Waals surface area contributed by atoms with E-state index in [4.69, 9.17) is 4.74 Å². The van der Waals surface area contributed by atoms with Gasteiger partial charge in [0.25, 0.3) is 0 Å². The summed E-state index contributed by atoms with van der Waals surface area (Å²) in [5.41, 5.74) is 5.52. The fraction of sp³-hybridized carbons (Fsp3) is 0.238. The van der Waals surface area contributed by atoms with Gasteiger partial charge in [0.2, 0.25) is 17.8 Å². The first kappa shape index (κ1) is 22.9. The third kappa shape index (κ3) is 5.95. The van der Waals surface area contributed by atoms with Gasteiger partial charge in [-0.3, -0.25) is 0 Å². The summed E-state index contributed by atoms with van der Waals surface area (Å²) < 4.78 is 7.21. The van der Waals surface area contributed by atoms with E-state index >= 15 is 0 Å². The van der Waals surface area contributed by atoms with Crippen LogP contribution < -0.4 is 15.6 Å². The number of ether oxygens (including phenoxy) is 1. The molecule has 0 radical (unpaired) electrons. The van der Waals surface area contributed by atoms with Gasteiger partial charge < -0.3 is 20.1 Å². The number of hydrazone groups is 1. The predicted molar refractivity (Wildman–Crippen MR) is 142 cm³/mol. The Morgan fingerprint density at radius 1 is 1.06 bits per heavy atom. The van der Waals surface area contributed by atoms with Gasteiger partial charge in [0.05, 0.1) is 23.0 Å². The number of halogens is 2. The molecule has 1 saturated heterocycles. The third-order valence-electron chi connectivity index (χ3n) is 4.65. The highest BCUT2D eigenvalue weighted by atomic mass is 127. The fourth-order valence-electron chi connectivity index (χ4n) is 2.99. The van der Waals surface area contributed by atoms with E-state index in [1.54, 1.807) is 6.21 Å². The number of hydrogen-bond donors (Lipinski definition) is 3. The lowest BCUT2D eigenvalue weighted by molar-refractivity contribution is 0.122. The first-order valence-corrected chi connectivity index (χ1v) is 12.0. The average Bonchev–Trinajstić information content (AvgIpc) is 2.79. The standard InChI is InChI=1S/C21H21I2N7O2/c1-13-2-4-16(5-3-13)25-19-26-20(28-21(27-19)30-6-8-32-9-7-30)29-24-12-14-10-15(22)11-17(23)18(14)31/h2-5,10-12,31H,6-9H2,1H3,(H2,25,26,27,28,29). The van der Waals surface area contributed by atoms with Crippen LogP contribution in [0.25, 0.3) is 0 Å². The van der Waals surface area contributed by atoms with Crippen molar-refractivity contribution < 1.29 is 9.84 Å². The van der Waals surface area contributed by atoms with Crippen LogP contribution in [0, 0.1) is 14.1 Å². The van der Waals surface area contributed by atoms with Crippen molar-refractivity contribution >= 4 is 74.9 Å². The molecule has 0 unspecified atom stereocenters. The zero-order valence-electron chi connectivity index (χ0n) is 17.2. The van der Waals surface area contributed by atoms with Gasteiger partial charge in [0, 0.05) is 27.9 Å². The van der Waals surface area contributed by atoms with Crippen molar-refractivity contribution in [2.45, 2.75) is 6.92 Å². The molecule has 0 amide bonds. The Bertz CT molecular complexity index is 1120. The number of aryl methyl sites for hydroxylation is 1. The predicted octanol–water partition coefficient (Wildman–Crippen LogP) is 4.12. The number of phenols is 1. The number of aromatic nitrogens is 3. The van der Waals surface area contributed by atoms with E-state index < -0.39 is 0 Å². The molecule has 3 N–H and O–H groups in total. The Morgan fingerprint density at radius 3 is 2.53 bits per heavy atom. The number of anilines is 4. The number of rotatable bonds is 6. The number of nitrogens with one attached hydrogen (secondary N) is 2. The van der Waals surface area contributed by atoms with Crippen LogP contribution in [-0.2, 0) is 4.74 Å². The zero-order valence-corrected chi connectivity index (χ0v) is 21.5. The van der Waals surface area contributed by atoms with E-state index in [1.165, 1.54) is 5.56 Å². The first-order valence-electron chi connectivity index (χ1n) is 9.87. The lowest BCUT2D eigenvalue weighted by Crippen LogP contribution is -2.37. The molecule has 32 heavy (non-hydrogen) atoms. The van der Waals surface area contributed by atoms with Gasteiger partial charge in [-0.15, -0.1) is 0 Å². The minimum atomic E-state index is 0.183. The van der Waals surface area contributed by atoms with Crippen molar-refractivity contribution in [1.29, 1.82) is 0 Å². The number of aromatic hydroxyl groups is 1. The lowest BCUT2D eigenvalue weighted by Gasteiger charge is -2.27. The fourth-order valence-corrected chi connectivity index (χ4v) is 4.87. The molecule has 1 aliphatic heterocycles. The van der Waals surface area contributed by atoms with Crippen LogP contribution in [0.2, 0.25) is 0 Å². The molecule has 0 atom stereocenters. The minimum absolute atomic E-state index is 0.183. The highest BCUT2D eigenvalue weighted by Gasteiger charge is 2.17. The maximum atomic E-state index is 10.3. The molecule has 9 nitrogen and oxygen atoms in total. The molecule has 1 aromatic heterocycles. The molecule has 0 bridgehead atoms. The summed E-state index contributed by atoms with van der Waals surface area (Å²) >= 11 is 4.29. The number of phenolic OH excluding ortho intramolecular Hbond substituents is 1. The van der Waals surface area contributed by atoms with Gasteiger partial charge in [0.15, 0.2) is 0 Å². The molecule has 11 heteroatoms. The van der Waals surface area contributed by atoms with Crippen molar-refractivity contribution in [3.05, 3.63) is 54.7 Å². The molecule has 0 spiro atoms. The monoisotopic (exact) mass is 657 g/mol. The summed E-state index contributed by atoms with van der Waals surface area (Å²) in [6, 6.07) is 11.7. The average molecular weight is 657 g/mol. The van der Waals surface area contributed by atoms with Crippen molar-refractivity contribution in [2.24, 2.45) is 5.10 Å². The van der Waals surface area contributed by atoms with E-state index in [0.29, 0.717) is 49.7 Å². The summed E-state index contributed by atoms with van der Waals surface area (Å²) in [5, 5.41) is 17.7.